The van der Waals surface area contributed by atoms with Crippen molar-refractivity contribution < 1.29 is 4.39 Å². The largest absolute Gasteiger partial charge is 0.306 e. The quantitative estimate of drug-likeness (QED) is 0.839. The number of benzene rings is 2. The van der Waals surface area contributed by atoms with Crippen molar-refractivity contribution in [1.82, 2.24) is 5.32 Å². The Hall–Kier alpha value is -1.67. The summed E-state index contributed by atoms with van der Waals surface area (Å²) >= 11 is 0. The monoisotopic (exact) mass is 269 g/mol. The molecule has 0 unspecified atom stereocenters. The Bertz CT molecular complexity index is 589. The molecule has 104 valence electrons. The fraction of sp³-hybridized carbons (Fsp3) is 0.333. The molecule has 2 aromatic rings. The normalized spacial score (nSPS) is 16.1. The van der Waals surface area contributed by atoms with Crippen LogP contribution in [0.1, 0.15) is 48.4 Å². The predicted octanol–water partition coefficient (Wildman–Crippen LogP) is 4.55. The molecule has 0 saturated heterocycles. The Morgan fingerprint density at radius 2 is 1.95 bits per heavy atom. The van der Waals surface area contributed by atoms with Gasteiger partial charge in [-0.3, -0.25) is 0 Å². The van der Waals surface area contributed by atoms with E-state index >= 15 is 0 Å². The Balaban J connectivity index is 1.62. The molecular formula is C18H20FN. The highest BCUT2D eigenvalue weighted by molar-refractivity contribution is 5.29. The molecule has 0 amide bonds. The van der Waals surface area contributed by atoms with Gasteiger partial charge in [0.25, 0.3) is 0 Å². The Kier molecular flexibility index (Phi) is 3.83. The summed E-state index contributed by atoms with van der Waals surface area (Å²) in [4.78, 5) is 0. The number of hydrogen-bond donors (Lipinski definition) is 1. The molecule has 3 rings (SSSR count). The van der Waals surface area contributed by atoms with E-state index in [9.17, 15) is 4.39 Å². The molecule has 1 atom stereocenters. The van der Waals surface area contributed by atoms with Gasteiger partial charge in [0.2, 0.25) is 0 Å². The second-order valence-corrected chi connectivity index (χ2v) is 5.68. The first kappa shape index (κ1) is 13.3. The lowest BCUT2D eigenvalue weighted by Gasteiger charge is -2.15. The highest BCUT2D eigenvalue weighted by atomic mass is 19.1. The highest BCUT2D eigenvalue weighted by Crippen LogP contribution is 2.40. The molecule has 2 heteroatoms. The van der Waals surface area contributed by atoms with Crippen molar-refractivity contribution in [1.29, 1.82) is 0 Å². The maximum Gasteiger partial charge on any atom is 0.123 e. The van der Waals surface area contributed by atoms with Crippen LogP contribution in [-0.2, 0) is 6.54 Å². The maximum absolute atomic E-state index is 13.2. The zero-order chi connectivity index (χ0) is 13.9. The van der Waals surface area contributed by atoms with Crippen molar-refractivity contribution in [2.75, 3.05) is 0 Å². The lowest BCUT2D eigenvalue weighted by molar-refractivity contribution is 0.565. The first-order valence-electron chi connectivity index (χ1n) is 7.30. The third-order valence-electron chi connectivity index (χ3n) is 3.96. The molecule has 1 saturated carbocycles. The van der Waals surface area contributed by atoms with E-state index in [0.29, 0.717) is 0 Å². The van der Waals surface area contributed by atoms with Gasteiger partial charge in [-0.15, -0.1) is 0 Å². The SMILES string of the molecule is C[C@H](NCc1cccc(C2CC2)c1)c1cccc(F)c1. The number of nitrogens with one attached hydrogen (secondary N) is 1. The van der Waals surface area contributed by atoms with E-state index in [1.807, 2.05) is 6.07 Å². The third-order valence-corrected chi connectivity index (χ3v) is 3.96. The maximum atomic E-state index is 13.2. The van der Waals surface area contributed by atoms with Crippen LogP contribution in [-0.4, -0.2) is 0 Å². The van der Waals surface area contributed by atoms with Crippen molar-refractivity contribution in [3.8, 4) is 0 Å². The van der Waals surface area contributed by atoms with Gasteiger partial charge in [0.15, 0.2) is 0 Å². The molecule has 0 aromatic heterocycles. The van der Waals surface area contributed by atoms with Crippen molar-refractivity contribution in [2.24, 2.45) is 0 Å². The average molecular weight is 269 g/mol. The minimum atomic E-state index is -0.174. The summed E-state index contributed by atoms with van der Waals surface area (Å²) in [6.07, 6.45) is 2.66. The minimum Gasteiger partial charge on any atom is -0.306 e. The van der Waals surface area contributed by atoms with Gasteiger partial charge in [0.05, 0.1) is 0 Å². The average Bonchev–Trinajstić information content (AvgIpc) is 3.30. The fourth-order valence-electron chi connectivity index (χ4n) is 2.54. The van der Waals surface area contributed by atoms with Crippen LogP contribution in [0.5, 0.6) is 0 Å². The van der Waals surface area contributed by atoms with Gasteiger partial charge in [0, 0.05) is 12.6 Å². The van der Waals surface area contributed by atoms with Crippen LogP contribution in [0, 0.1) is 5.82 Å². The third kappa shape index (κ3) is 3.26. The van der Waals surface area contributed by atoms with Gasteiger partial charge >= 0.3 is 0 Å². The molecule has 1 aliphatic rings. The number of halogens is 1. The van der Waals surface area contributed by atoms with E-state index in [0.717, 1.165) is 18.0 Å². The fourth-order valence-corrected chi connectivity index (χ4v) is 2.54. The van der Waals surface area contributed by atoms with Gasteiger partial charge in [-0.1, -0.05) is 36.4 Å². The smallest absolute Gasteiger partial charge is 0.123 e. The molecule has 0 bridgehead atoms. The van der Waals surface area contributed by atoms with E-state index in [-0.39, 0.29) is 11.9 Å². The lowest BCUT2D eigenvalue weighted by atomic mass is 10.1. The molecule has 1 aliphatic carbocycles. The zero-order valence-electron chi connectivity index (χ0n) is 11.8. The summed E-state index contributed by atoms with van der Waals surface area (Å²) in [7, 11) is 0. The standard InChI is InChI=1S/C18H20FN/c1-13(16-5-3-7-18(19)11-16)20-12-14-4-2-6-17(10-14)15-8-9-15/h2-7,10-11,13,15,20H,8-9,12H2,1H3/t13-/m0/s1. The molecule has 0 radical (unpaired) electrons. The van der Waals surface area contributed by atoms with Crippen LogP contribution in [0.25, 0.3) is 0 Å². The molecule has 2 aromatic carbocycles. The molecule has 1 N–H and O–H groups in total. The summed E-state index contributed by atoms with van der Waals surface area (Å²) in [5.41, 5.74) is 3.75. The van der Waals surface area contributed by atoms with E-state index in [1.165, 1.54) is 30.0 Å². The Labute approximate surface area is 119 Å². The second-order valence-electron chi connectivity index (χ2n) is 5.68. The van der Waals surface area contributed by atoms with Gasteiger partial charge < -0.3 is 5.32 Å². The Morgan fingerprint density at radius 1 is 1.15 bits per heavy atom. The molecule has 0 aliphatic heterocycles. The lowest BCUT2D eigenvalue weighted by Crippen LogP contribution is -2.18. The summed E-state index contributed by atoms with van der Waals surface area (Å²) in [6, 6.07) is 15.7. The van der Waals surface area contributed by atoms with Crippen LogP contribution in [0.2, 0.25) is 0 Å². The van der Waals surface area contributed by atoms with Gasteiger partial charge in [-0.05, 0) is 54.5 Å². The van der Waals surface area contributed by atoms with Crippen LogP contribution in [0.15, 0.2) is 48.5 Å². The van der Waals surface area contributed by atoms with Gasteiger partial charge in [-0.25, -0.2) is 4.39 Å². The van der Waals surface area contributed by atoms with Crippen molar-refractivity contribution >= 4 is 0 Å². The predicted molar refractivity (Wildman–Crippen MR) is 80.1 cm³/mol. The second kappa shape index (κ2) is 5.76. The molecule has 20 heavy (non-hydrogen) atoms. The number of rotatable bonds is 5. The summed E-state index contributed by atoms with van der Waals surface area (Å²) in [5, 5.41) is 3.46. The van der Waals surface area contributed by atoms with Crippen LogP contribution in [0.3, 0.4) is 0 Å². The van der Waals surface area contributed by atoms with E-state index in [1.54, 1.807) is 12.1 Å². The molecule has 0 heterocycles. The minimum absolute atomic E-state index is 0.148. The van der Waals surface area contributed by atoms with Crippen molar-refractivity contribution in [3.63, 3.8) is 0 Å². The molecular weight excluding hydrogens is 249 g/mol. The summed E-state index contributed by atoms with van der Waals surface area (Å²) in [5.74, 6) is 0.613. The molecule has 1 nitrogen and oxygen atoms in total. The number of hydrogen-bond acceptors (Lipinski definition) is 1. The van der Waals surface area contributed by atoms with Crippen molar-refractivity contribution in [2.45, 2.75) is 38.3 Å². The first-order valence-corrected chi connectivity index (χ1v) is 7.30. The van der Waals surface area contributed by atoms with E-state index in [4.69, 9.17) is 0 Å². The summed E-state index contributed by atoms with van der Waals surface area (Å²) < 4.78 is 13.2. The van der Waals surface area contributed by atoms with Crippen LogP contribution < -0.4 is 5.32 Å². The first-order chi connectivity index (χ1) is 9.72. The molecule has 1 fully saturated rings. The highest BCUT2D eigenvalue weighted by Gasteiger charge is 2.23. The molecule has 0 spiro atoms. The van der Waals surface area contributed by atoms with E-state index in [2.05, 4.69) is 36.5 Å². The van der Waals surface area contributed by atoms with E-state index < -0.39 is 0 Å². The summed E-state index contributed by atoms with van der Waals surface area (Å²) in [6.45, 7) is 2.89. The topological polar surface area (TPSA) is 12.0 Å². The van der Waals surface area contributed by atoms with Gasteiger partial charge in [-0.2, -0.15) is 0 Å². The van der Waals surface area contributed by atoms with Crippen molar-refractivity contribution in [3.05, 3.63) is 71.0 Å². The zero-order valence-corrected chi connectivity index (χ0v) is 11.8. The van der Waals surface area contributed by atoms with Crippen LogP contribution >= 0.6 is 0 Å². The van der Waals surface area contributed by atoms with Crippen LogP contribution in [0.4, 0.5) is 4.39 Å². The Morgan fingerprint density at radius 3 is 2.70 bits per heavy atom. The van der Waals surface area contributed by atoms with Gasteiger partial charge in [0.1, 0.15) is 5.82 Å².